The van der Waals surface area contributed by atoms with E-state index in [0.29, 0.717) is 0 Å². The second kappa shape index (κ2) is 6.40. The first kappa shape index (κ1) is 16.5. The van der Waals surface area contributed by atoms with Gasteiger partial charge in [-0.15, -0.1) is 4.63 Å². The van der Waals surface area contributed by atoms with E-state index < -0.39 is 33.4 Å². The fourth-order valence-electron chi connectivity index (χ4n) is 1.75. The third kappa shape index (κ3) is 2.89. The average molecular weight is 391 g/mol. The average Bonchev–Trinajstić information content (AvgIpc) is 3.46. The summed E-state index contributed by atoms with van der Waals surface area (Å²) in [4.78, 5) is 27.4. The highest BCUT2D eigenvalue weighted by molar-refractivity contribution is 5.61. The van der Waals surface area contributed by atoms with E-state index >= 15 is 0 Å². The normalized spacial score (nSPS) is 11.3. The first-order valence-corrected chi connectivity index (χ1v) is 6.68. The highest BCUT2D eigenvalue weighted by atomic mass is 16.6. The monoisotopic (exact) mass is 391 g/mol. The molecule has 0 bridgehead atoms. The van der Waals surface area contributed by atoms with Crippen molar-refractivity contribution in [2.75, 3.05) is 0 Å². The fraction of sp³-hybridized carbons (Fsp3) is 0. The predicted molar refractivity (Wildman–Crippen MR) is 74.9 cm³/mol. The Kier molecular flexibility index (Phi) is 3.77. The molecule has 0 radical (unpaired) electrons. The van der Waals surface area contributed by atoms with Crippen LogP contribution in [0.15, 0.2) is 34.7 Å². The van der Waals surface area contributed by atoms with Crippen LogP contribution in [0.3, 0.4) is 0 Å². The zero-order valence-corrected chi connectivity index (χ0v) is 12.8. The van der Waals surface area contributed by atoms with E-state index in [-0.39, 0.29) is 23.0 Å². The van der Waals surface area contributed by atoms with Crippen LogP contribution in [-0.2, 0) is 0 Å². The second-order valence-electron chi connectivity index (χ2n) is 4.50. The first-order chi connectivity index (χ1) is 13.5. The molecule has 0 amide bonds. The van der Waals surface area contributed by atoms with E-state index in [0.717, 1.165) is 6.26 Å². The highest BCUT2D eigenvalue weighted by Crippen LogP contribution is 2.28. The van der Waals surface area contributed by atoms with E-state index in [9.17, 15) is 20.2 Å². The smallest absolute Gasteiger partial charge is 0.358 e. The van der Waals surface area contributed by atoms with Crippen LogP contribution in [0.1, 0.15) is 0 Å². The van der Waals surface area contributed by atoms with Gasteiger partial charge in [0.25, 0.3) is 5.69 Å². The Bertz CT molecular complexity index is 1110. The maximum Gasteiger partial charge on any atom is 0.446 e. The molecule has 0 saturated carbocycles. The van der Waals surface area contributed by atoms with Gasteiger partial charge in [0, 0.05) is 0 Å². The molecule has 0 aliphatic rings. The predicted octanol–water partition coefficient (Wildman–Crippen LogP) is 1.39. The zero-order chi connectivity index (χ0) is 19.7. The molecule has 140 valence electrons. The molecule has 0 unspecified atom stereocenters. The van der Waals surface area contributed by atoms with Crippen LogP contribution in [-0.4, -0.2) is 45.6 Å². The summed E-state index contributed by atoms with van der Waals surface area (Å²) in [6.45, 7) is 0. The van der Waals surface area contributed by atoms with E-state index in [1.165, 1.54) is 0 Å². The minimum Gasteiger partial charge on any atom is -0.358 e. The Hall–Kier alpha value is -4.97. The number of nitro groups is 2. The van der Waals surface area contributed by atoms with Crippen LogP contribution in [0, 0.1) is 20.2 Å². The molecule has 0 aromatic carbocycles. The highest BCUT2D eigenvalue weighted by Gasteiger charge is 2.28. The van der Waals surface area contributed by atoms with Gasteiger partial charge in [0.15, 0.2) is 5.16 Å². The zero-order valence-electron chi connectivity index (χ0n) is 12.8. The SMILES string of the molecule is O=[N+]([O-])c1conc1-c1noc(N=Nc2nc(-c3nonc3[N+](=O)[O-])no2)n1. The third-order valence-corrected chi connectivity index (χ3v) is 2.87. The molecule has 0 aliphatic carbocycles. The van der Waals surface area contributed by atoms with E-state index in [2.05, 4.69) is 55.1 Å². The van der Waals surface area contributed by atoms with Gasteiger partial charge >= 0.3 is 23.5 Å². The maximum absolute atomic E-state index is 10.8. The van der Waals surface area contributed by atoms with Crippen LogP contribution < -0.4 is 0 Å². The van der Waals surface area contributed by atoms with Crippen molar-refractivity contribution in [3.8, 4) is 23.0 Å². The molecule has 0 aliphatic heterocycles. The summed E-state index contributed by atoms with van der Waals surface area (Å²) >= 11 is 0. The number of nitrogens with zero attached hydrogens (tertiary/aromatic N) is 11. The Morgan fingerprint density at radius 2 is 1.46 bits per heavy atom. The molecule has 0 saturated heterocycles. The summed E-state index contributed by atoms with van der Waals surface area (Å²) in [6, 6.07) is -0.874. The van der Waals surface area contributed by atoms with Crippen LogP contribution >= 0.6 is 0 Å². The molecule has 0 fully saturated rings. The Labute approximate surface area is 148 Å². The van der Waals surface area contributed by atoms with Gasteiger partial charge in [-0.25, -0.2) is 0 Å². The number of azo groups is 1. The molecule has 0 spiro atoms. The van der Waals surface area contributed by atoms with Crippen molar-refractivity contribution in [2.45, 2.75) is 0 Å². The largest absolute Gasteiger partial charge is 0.446 e. The van der Waals surface area contributed by atoms with E-state index in [4.69, 9.17) is 9.05 Å². The molecular weight excluding hydrogens is 390 g/mol. The van der Waals surface area contributed by atoms with Crippen LogP contribution in [0.5, 0.6) is 0 Å². The van der Waals surface area contributed by atoms with Crippen molar-refractivity contribution >= 4 is 23.5 Å². The lowest BCUT2D eigenvalue weighted by Crippen LogP contribution is -1.91. The summed E-state index contributed by atoms with van der Waals surface area (Å²) in [5.41, 5.74) is -1.14. The van der Waals surface area contributed by atoms with Gasteiger partial charge in [-0.1, -0.05) is 25.7 Å². The Balaban J connectivity index is 1.55. The topological polar surface area (TPSA) is 254 Å². The maximum atomic E-state index is 10.8. The minimum absolute atomic E-state index is 0.273. The Morgan fingerprint density at radius 1 is 0.821 bits per heavy atom. The van der Waals surface area contributed by atoms with Gasteiger partial charge in [0.05, 0.1) is 4.92 Å². The lowest BCUT2D eigenvalue weighted by atomic mass is 10.3. The lowest BCUT2D eigenvalue weighted by Gasteiger charge is -1.85. The van der Waals surface area contributed by atoms with Crippen molar-refractivity contribution < 1.29 is 28.0 Å². The molecule has 19 heteroatoms. The number of rotatable bonds is 6. The van der Waals surface area contributed by atoms with Crippen LogP contribution in [0.2, 0.25) is 0 Å². The molecule has 4 aromatic rings. The summed E-state index contributed by atoms with van der Waals surface area (Å²) < 4.78 is 18.2. The number of aromatic nitrogens is 7. The van der Waals surface area contributed by atoms with Crippen molar-refractivity contribution in [3.63, 3.8) is 0 Å². The minimum atomic E-state index is -0.855. The molecule has 4 aromatic heterocycles. The first-order valence-electron chi connectivity index (χ1n) is 6.68. The van der Waals surface area contributed by atoms with Gasteiger partial charge in [-0.2, -0.15) is 9.97 Å². The van der Waals surface area contributed by atoms with Crippen molar-refractivity contribution in [1.82, 2.24) is 35.8 Å². The van der Waals surface area contributed by atoms with Crippen molar-refractivity contribution in [2.24, 2.45) is 10.2 Å². The van der Waals surface area contributed by atoms with Gasteiger partial charge in [0.2, 0.25) is 23.6 Å². The standard InChI is InChI=1S/C9HN11O8/c21-19(22)2-1-25-14-3(2)5-10-8(26-16-5)12-13-9-11-6(17-27-9)4-7(20(23)24)18-28-15-4/h1H. The van der Waals surface area contributed by atoms with Gasteiger partial charge in [-0.3, -0.25) is 10.1 Å². The van der Waals surface area contributed by atoms with Crippen molar-refractivity contribution in [3.05, 3.63) is 26.5 Å². The quantitative estimate of drug-likeness (QED) is 0.255. The molecule has 4 rings (SSSR count). The molecule has 4 heterocycles. The van der Waals surface area contributed by atoms with Crippen LogP contribution in [0.25, 0.3) is 23.0 Å². The summed E-state index contributed by atoms with van der Waals surface area (Å²) in [7, 11) is 0. The summed E-state index contributed by atoms with van der Waals surface area (Å²) in [5, 5.41) is 45.3. The summed E-state index contributed by atoms with van der Waals surface area (Å²) in [6.07, 6.45) is 0.796. The van der Waals surface area contributed by atoms with Gasteiger partial charge in [-0.05, 0) is 10.1 Å². The molecule has 0 N–H and O–H groups in total. The number of hydrogen-bond donors (Lipinski definition) is 0. The van der Waals surface area contributed by atoms with Crippen molar-refractivity contribution in [1.29, 1.82) is 0 Å². The second-order valence-corrected chi connectivity index (χ2v) is 4.50. The fourth-order valence-corrected chi connectivity index (χ4v) is 1.75. The molecule has 28 heavy (non-hydrogen) atoms. The van der Waals surface area contributed by atoms with E-state index in [1.54, 1.807) is 0 Å². The third-order valence-electron chi connectivity index (χ3n) is 2.87. The van der Waals surface area contributed by atoms with Gasteiger partial charge in [0.1, 0.15) is 0 Å². The van der Waals surface area contributed by atoms with E-state index in [1.807, 2.05) is 0 Å². The van der Waals surface area contributed by atoms with Crippen LogP contribution in [0.4, 0.5) is 23.5 Å². The Morgan fingerprint density at radius 3 is 2.07 bits per heavy atom. The summed E-state index contributed by atoms with van der Waals surface area (Å²) in [5.74, 6) is -1.32. The molecule has 0 atom stereocenters. The molecular formula is C9HN11O8. The lowest BCUT2D eigenvalue weighted by molar-refractivity contribution is -0.390. The molecule has 19 nitrogen and oxygen atoms in total. The number of hydrogen-bond acceptors (Lipinski definition) is 17. The van der Waals surface area contributed by atoms with Gasteiger partial charge < -0.3 is 23.7 Å².